The summed E-state index contributed by atoms with van der Waals surface area (Å²) in [7, 11) is 0. The first-order valence-electron chi connectivity index (χ1n) is 2.93. The third-order valence-electron chi connectivity index (χ3n) is 1.26. The van der Waals surface area contributed by atoms with Crippen LogP contribution in [0.15, 0.2) is 28.9 Å². The first kappa shape index (κ1) is 6.08. The summed E-state index contributed by atoms with van der Waals surface area (Å²) in [5.41, 5.74) is 7.42. The van der Waals surface area contributed by atoms with E-state index in [1.807, 2.05) is 19.1 Å². The Labute approximate surface area is 54.8 Å². The van der Waals surface area contributed by atoms with Gasteiger partial charge in [0, 0.05) is 5.71 Å². The van der Waals surface area contributed by atoms with Crippen molar-refractivity contribution in [3.05, 3.63) is 23.9 Å². The standard InChI is InChI=1S/C7H10N2/c1-6-2-3-7(4-8)5-9-6/h2-4H,5,8H2,1H3. The third kappa shape index (κ3) is 1.42. The summed E-state index contributed by atoms with van der Waals surface area (Å²) < 4.78 is 0. The first-order valence-corrected chi connectivity index (χ1v) is 2.93. The zero-order valence-corrected chi connectivity index (χ0v) is 5.46. The highest BCUT2D eigenvalue weighted by atomic mass is 14.7. The Balaban J connectivity index is 2.70. The number of hydrogen-bond acceptors (Lipinski definition) is 2. The zero-order chi connectivity index (χ0) is 6.69. The van der Waals surface area contributed by atoms with E-state index in [1.54, 1.807) is 6.20 Å². The van der Waals surface area contributed by atoms with Gasteiger partial charge in [-0.05, 0) is 24.8 Å². The molecule has 1 heterocycles. The van der Waals surface area contributed by atoms with Crippen molar-refractivity contribution in [3.63, 3.8) is 0 Å². The van der Waals surface area contributed by atoms with Crippen LogP contribution in [0, 0.1) is 0 Å². The summed E-state index contributed by atoms with van der Waals surface area (Å²) in [6.45, 7) is 2.71. The van der Waals surface area contributed by atoms with Crippen molar-refractivity contribution < 1.29 is 0 Å². The van der Waals surface area contributed by atoms with Gasteiger partial charge in [-0.3, -0.25) is 4.99 Å². The molecule has 0 aliphatic carbocycles. The maximum atomic E-state index is 5.27. The summed E-state index contributed by atoms with van der Waals surface area (Å²) in [6.07, 6.45) is 5.54. The molecule has 0 aromatic carbocycles. The van der Waals surface area contributed by atoms with E-state index in [1.165, 1.54) is 0 Å². The van der Waals surface area contributed by atoms with Crippen molar-refractivity contribution in [2.45, 2.75) is 6.92 Å². The predicted octanol–water partition coefficient (Wildman–Crippen LogP) is 0.860. The molecule has 2 heteroatoms. The molecule has 0 radical (unpaired) electrons. The zero-order valence-electron chi connectivity index (χ0n) is 5.46. The van der Waals surface area contributed by atoms with E-state index in [0.717, 1.165) is 17.8 Å². The molecular weight excluding hydrogens is 112 g/mol. The molecule has 0 atom stereocenters. The van der Waals surface area contributed by atoms with Crippen molar-refractivity contribution in [1.29, 1.82) is 0 Å². The Morgan fingerprint density at radius 3 is 2.89 bits per heavy atom. The second kappa shape index (κ2) is 2.49. The Bertz CT molecular complexity index is 187. The van der Waals surface area contributed by atoms with Crippen molar-refractivity contribution in [2.75, 3.05) is 6.54 Å². The minimum atomic E-state index is 0.735. The summed E-state index contributed by atoms with van der Waals surface area (Å²) in [5.74, 6) is 0. The Kier molecular flexibility index (Phi) is 1.68. The quantitative estimate of drug-likeness (QED) is 0.508. The number of rotatable bonds is 0. The molecule has 1 aliphatic heterocycles. The third-order valence-corrected chi connectivity index (χ3v) is 1.26. The molecule has 0 saturated carbocycles. The molecule has 0 fully saturated rings. The molecule has 0 unspecified atom stereocenters. The monoisotopic (exact) mass is 122 g/mol. The Morgan fingerprint density at radius 2 is 2.44 bits per heavy atom. The van der Waals surface area contributed by atoms with Crippen LogP contribution in [0.1, 0.15) is 6.92 Å². The first-order chi connectivity index (χ1) is 4.33. The van der Waals surface area contributed by atoms with Gasteiger partial charge in [-0.25, -0.2) is 0 Å². The van der Waals surface area contributed by atoms with Gasteiger partial charge >= 0.3 is 0 Å². The number of allylic oxidation sites excluding steroid dienone is 1. The molecule has 0 bridgehead atoms. The van der Waals surface area contributed by atoms with E-state index in [9.17, 15) is 0 Å². The van der Waals surface area contributed by atoms with Gasteiger partial charge in [0.15, 0.2) is 0 Å². The molecule has 1 aliphatic rings. The van der Waals surface area contributed by atoms with Gasteiger partial charge in [-0.1, -0.05) is 6.08 Å². The van der Waals surface area contributed by atoms with Crippen molar-refractivity contribution >= 4 is 5.71 Å². The molecule has 0 spiro atoms. The lowest BCUT2D eigenvalue weighted by Crippen LogP contribution is -1.99. The van der Waals surface area contributed by atoms with Crippen LogP contribution in [0.5, 0.6) is 0 Å². The van der Waals surface area contributed by atoms with Gasteiger partial charge in [0.2, 0.25) is 0 Å². The van der Waals surface area contributed by atoms with E-state index in [-0.39, 0.29) is 0 Å². The van der Waals surface area contributed by atoms with E-state index in [0.29, 0.717) is 0 Å². The van der Waals surface area contributed by atoms with Crippen LogP contribution >= 0.6 is 0 Å². The lowest BCUT2D eigenvalue weighted by atomic mass is 10.2. The maximum Gasteiger partial charge on any atom is 0.0656 e. The molecule has 2 N–H and O–H groups in total. The van der Waals surface area contributed by atoms with E-state index in [2.05, 4.69) is 4.99 Å². The SMILES string of the molecule is CC1=NCC(=CN)C=C1. The van der Waals surface area contributed by atoms with Crippen LogP contribution in [0.2, 0.25) is 0 Å². The van der Waals surface area contributed by atoms with Gasteiger partial charge < -0.3 is 5.73 Å². The molecule has 9 heavy (non-hydrogen) atoms. The van der Waals surface area contributed by atoms with Crippen molar-refractivity contribution in [1.82, 2.24) is 0 Å². The van der Waals surface area contributed by atoms with E-state index in [4.69, 9.17) is 5.73 Å². The highest BCUT2D eigenvalue weighted by Gasteiger charge is 1.95. The lowest BCUT2D eigenvalue weighted by molar-refractivity contribution is 1.15. The molecule has 0 saturated heterocycles. The molecule has 0 aromatic rings. The van der Waals surface area contributed by atoms with Gasteiger partial charge in [-0.2, -0.15) is 0 Å². The van der Waals surface area contributed by atoms with Crippen LogP contribution in [-0.4, -0.2) is 12.3 Å². The summed E-state index contributed by atoms with van der Waals surface area (Å²) in [5, 5.41) is 0. The fraction of sp³-hybridized carbons (Fsp3) is 0.286. The van der Waals surface area contributed by atoms with Gasteiger partial charge in [0.1, 0.15) is 0 Å². The smallest absolute Gasteiger partial charge is 0.0656 e. The molecular formula is C7H10N2. The maximum absolute atomic E-state index is 5.27. The fourth-order valence-corrected chi connectivity index (χ4v) is 0.657. The second-order valence-electron chi connectivity index (χ2n) is 2.03. The summed E-state index contributed by atoms with van der Waals surface area (Å²) >= 11 is 0. The number of aliphatic imine (C=N–C) groups is 1. The minimum absolute atomic E-state index is 0.735. The number of hydrogen-bond donors (Lipinski definition) is 1. The molecule has 0 aromatic heterocycles. The largest absolute Gasteiger partial charge is 0.404 e. The normalized spacial score (nSPS) is 22.3. The predicted molar refractivity (Wildman–Crippen MR) is 39.4 cm³/mol. The van der Waals surface area contributed by atoms with Gasteiger partial charge in [-0.15, -0.1) is 0 Å². The van der Waals surface area contributed by atoms with Gasteiger partial charge in [0.05, 0.1) is 6.54 Å². The fourth-order valence-electron chi connectivity index (χ4n) is 0.657. The van der Waals surface area contributed by atoms with Crippen LogP contribution < -0.4 is 5.73 Å². The molecule has 48 valence electrons. The number of dihydropyridines is 1. The average Bonchev–Trinajstić information content (AvgIpc) is 1.90. The summed E-state index contributed by atoms with van der Waals surface area (Å²) in [4.78, 5) is 4.16. The second-order valence-corrected chi connectivity index (χ2v) is 2.03. The molecule has 2 nitrogen and oxygen atoms in total. The van der Waals surface area contributed by atoms with Crippen LogP contribution in [0.25, 0.3) is 0 Å². The lowest BCUT2D eigenvalue weighted by Gasteiger charge is -2.02. The Hall–Kier alpha value is -1.05. The average molecular weight is 122 g/mol. The highest BCUT2D eigenvalue weighted by molar-refractivity contribution is 5.94. The van der Waals surface area contributed by atoms with Gasteiger partial charge in [0.25, 0.3) is 0 Å². The number of nitrogens with zero attached hydrogens (tertiary/aromatic N) is 1. The number of nitrogens with two attached hydrogens (primary N) is 1. The highest BCUT2D eigenvalue weighted by Crippen LogP contribution is 2.01. The summed E-state index contributed by atoms with van der Waals surface area (Å²) in [6, 6.07) is 0. The van der Waals surface area contributed by atoms with Crippen molar-refractivity contribution in [2.24, 2.45) is 10.7 Å². The van der Waals surface area contributed by atoms with Crippen molar-refractivity contribution in [3.8, 4) is 0 Å². The van der Waals surface area contributed by atoms with Crippen LogP contribution in [0.3, 0.4) is 0 Å². The molecule has 0 amide bonds. The Morgan fingerprint density at radius 1 is 1.67 bits per heavy atom. The van der Waals surface area contributed by atoms with Crippen LogP contribution in [0.4, 0.5) is 0 Å². The topological polar surface area (TPSA) is 38.4 Å². The van der Waals surface area contributed by atoms with E-state index < -0.39 is 0 Å². The van der Waals surface area contributed by atoms with E-state index >= 15 is 0 Å². The minimum Gasteiger partial charge on any atom is -0.404 e. The molecule has 1 rings (SSSR count). The van der Waals surface area contributed by atoms with Crippen LogP contribution in [-0.2, 0) is 0 Å².